The van der Waals surface area contributed by atoms with E-state index in [0.29, 0.717) is 16.2 Å². The summed E-state index contributed by atoms with van der Waals surface area (Å²) in [6.45, 7) is 10.8. The molecular formula is C12H20BClO3Si. The smallest absolute Gasteiger partial charge is 0.489 e. The van der Waals surface area contributed by atoms with Crippen LogP contribution in [0.3, 0.4) is 0 Å². The maximum Gasteiger partial charge on any atom is 0.489 e. The molecule has 0 amide bonds. The van der Waals surface area contributed by atoms with Crippen molar-refractivity contribution >= 4 is 32.5 Å². The zero-order valence-electron chi connectivity index (χ0n) is 11.5. The highest BCUT2D eigenvalue weighted by Crippen LogP contribution is 2.37. The van der Waals surface area contributed by atoms with Gasteiger partial charge in [0, 0.05) is 10.5 Å². The molecule has 1 rings (SSSR count). The van der Waals surface area contributed by atoms with Crippen LogP contribution < -0.4 is 9.89 Å². The fraction of sp³-hybridized carbons (Fsp3) is 0.500. The number of rotatable bonds is 3. The van der Waals surface area contributed by atoms with Gasteiger partial charge < -0.3 is 14.5 Å². The van der Waals surface area contributed by atoms with E-state index in [9.17, 15) is 0 Å². The summed E-state index contributed by atoms with van der Waals surface area (Å²) in [6.07, 6.45) is 0. The number of benzene rings is 1. The highest BCUT2D eigenvalue weighted by molar-refractivity contribution is 6.74. The van der Waals surface area contributed by atoms with Gasteiger partial charge in [-0.05, 0) is 30.3 Å². The zero-order valence-corrected chi connectivity index (χ0v) is 13.2. The van der Waals surface area contributed by atoms with Crippen molar-refractivity contribution in [3.63, 3.8) is 0 Å². The van der Waals surface area contributed by atoms with Crippen LogP contribution in [0.15, 0.2) is 18.2 Å². The summed E-state index contributed by atoms with van der Waals surface area (Å²) in [6, 6.07) is 4.94. The van der Waals surface area contributed by atoms with Crippen LogP contribution in [-0.4, -0.2) is 25.5 Å². The molecule has 0 saturated heterocycles. The second-order valence-electron chi connectivity index (χ2n) is 5.92. The Hall–Kier alpha value is -0.488. The Morgan fingerprint density at radius 1 is 1.22 bits per heavy atom. The Morgan fingerprint density at radius 2 is 1.78 bits per heavy atom. The molecule has 0 fully saturated rings. The van der Waals surface area contributed by atoms with Crippen LogP contribution in [-0.2, 0) is 0 Å². The van der Waals surface area contributed by atoms with E-state index in [4.69, 9.17) is 26.1 Å². The Balaban J connectivity index is 2.97. The minimum absolute atomic E-state index is 0.106. The van der Waals surface area contributed by atoms with Crippen molar-refractivity contribution in [1.82, 2.24) is 0 Å². The van der Waals surface area contributed by atoms with Crippen molar-refractivity contribution in [2.24, 2.45) is 0 Å². The van der Waals surface area contributed by atoms with E-state index in [0.717, 1.165) is 0 Å². The van der Waals surface area contributed by atoms with Crippen LogP contribution >= 0.6 is 11.6 Å². The van der Waals surface area contributed by atoms with Crippen LogP contribution in [0.1, 0.15) is 20.8 Å². The third-order valence-electron chi connectivity index (χ3n) is 3.43. The van der Waals surface area contributed by atoms with Crippen molar-refractivity contribution in [3.8, 4) is 5.75 Å². The van der Waals surface area contributed by atoms with E-state index in [2.05, 4.69) is 33.9 Å². The van der Waals surface area contributed by atoms with Crippen molar-refractivity contribution in [1.29, 1.82) is 0 Å². The normalized spacial score (nSPS) is 12.4. The van der Waals surface area contributed by atoms with Gasteiger partial charge in [0.2, 0.25) is 8.32 Å². The van der Waals surface area contributed by atoms with Gasteiger partial charge in [0.15, 0.2) is 0 Å². The molecule has 0 saturated carbocycles. The van der Waals surface area contributed by atoms with Gasteiger partial charge in [-0.3, -0.25) is 0 Å². The first-order valence-corrected chi connectivity index (χ1v) is 9.18. The molecule has 1 aromatic carbocycles. The Kier molecular flexibility index (Phi) is 4.54. The predicted molar refractivity (Wildman–Crippen MR) is 79.1 cm³/mol. The second-order valence-corrected chi connectivity index (χ2v) is 11.1. The third-order valence-corrected chi connectivity index (χ3v) is 8.11. The van der Waals surface area contributed by atoms with E-state index in [-0.39, 0.29) is 5.04 Å². The van der Waals surface area contributed by atoms with Crippen molar-refractivity contribution in [2.45, 2.75) is 38.9 Å². The molecule has 1 aromatic rings. The molecule has 18 heavy (non-hydrogen) atoms. The van der Waals surface area contributed by atoms with Crippen LogP contribution in [0.2, 0.25) is 23.2 Å². The van der Waals surface area contributed by atoms with Gasteiger partial charge in [-0.25, -0.2) is 0 Å². The maximum absolute atomic E-state index is 9.10. The Bertz CT molecular complexity index is 430. The average Bonchev–Trinajstić information content (AvgIpc) is 2.14. The highest BCUT2D eigenvalue weighted by atomic mass is 35.5. The van der Waals surface area contributed by atoms with E-state index in [1.807, 2.05) is 0 Å². The zero-order chi connectivity index (χ0) is 14.1. The largest absolute Gasteiger partial charge is 0.543 e. The summed E-state index contributed by atoms with van der Waals surface area (Å²) in [5.74, 6) is 0.677. The summed E-state index contributed by atoms with van der Waals surface area (Å²) in [7, 11) is -3.45. The molecule has 3 nitrogen and oxygen atoms in total. The lowest BCUT2D eigenvalue weighted by Crippen LogP contribution is -2.44. The summed E-state index contributed by atoms with van der Waals surface area (Å²) in [5.41, 5.74) is 0.291. The molecule has 0 aliphatic carbocycles. The molecular weight excluding hydrogens is 266 g/mol. The monoisotopic (exact) mass is 286 g/mol. The number of halogens is 1. The van der Waals surface area contributed by atoms with Crippen molar-refractivity contribution in [2.75, 3.05) is 0 Å². The van der Waals surface area contributed by atoms with Crippen LogP contribution in [0.5, 0.6) is 5.75 Å². The van der Waals surface area contributed by atoms with E-state index >= 15 is 0 Å². The molecule has 0 aliphatic heterocycles. The molecule has 0 radical (unpaired) electrons. The van der Waals surface area contributed by atoms with Gasteiger partial charge in [-0.1, -0.05) is 38.4 Å². The van der Waals surface area contributed by atoms with Crippen LogP contribution in [0.4, 0.5) is 0 Å². The molecule has 100 valence electrons. The molecule has 0 unspecified atom stereocenters. The first-order chi connectivity index (χ1) is 8.04. The Labute approximate surface area is 115 Å². The molecule has 0 atom stereocenters. The average molecular weight is 287 g/mol. The van der Waals surface area contributed by atoms with Crippen LogP contribution in [0, 0.1) is 0 Å². The number of hydrogen-bond acceptors (Lipinski definition) is 3. The molecule has 0 aliphatic rings. The Morgan fingerprint density at radius 3 is 2.17 bits per heavy atom. The summed E-state index contributed by atoms with van der Waals surface area (Å²) in [5, 5.41) is 18.6. The van der Waals surface area contributed by atoms with Gasteiger partial charge in [0.1, 0.15) is 5.75 Å². The molecule has 0 aromatic heterocycles. The first kappa shape index (κ1) is 15.6. The lowest BCUT2D eigenvalue weighted by Gasteiger charge is -2.36. The predicted octanol–water partition coefficient (Wildman–Crippen LogP) is 2.40. The molecule has 2 N–H and O–H groups in total. The van der Waals surface area contributed by atoms with Gasteiger partial charge in [0.25, 0.3) is 0 Å². The minimum Gasteiger partial charge on any atom is -0.543 e. The van der Waals surface area contributed by atoms with E-state index in [1.54, 1.807) is 18.2 Å². The minimum atomic E-state index is -1.90. The van der Waals surface area contributed by atoms with E-state index < -0.39 is 15.4 Å². The maximum atomic E-state index is 9.10. The lowest BCUT2D eigenvalue weighted by atomic mass is 9.80. The van der Waals surface area contributed by atoms with Gasteiger partial charge in [-0.15, -0.1) is 0 Å². The van der Waals surface area contributed by atoms with Crippen molar-refractivity contribution in [3.05, 3.63) is 23.2 Å². The molecule has 6 heteroatoms. The standard InChI is InChI=1S/C12H20BClO3Si/c1-12(2,3)18(4,5)17-9-6-7-10(13(15)16)11(14)8-9/h6-8,15-16H,1-5H3. The lowest BCUT2D eigenvalue weighted by molar-refractivity contribution is 0.425. The van der Waals surface area contributed by atoms with Crippen LogP contribution in [0.25, 0.3) is 0 Å². The quantitative estimate of drug-likeness (QED) is 0.839. The molecule has 0 spiro atoms. The topological polar surface area (TPSA) is 49.7 Å². The molecule has 0 bridgehead atoms. The summed E-state index contributed by atoms with van der Waals surface area (Å²) < 4.78 is 6.07. The molecule has 0 heterocycles. The third kappa shape index (κ3) is 3.51. The second kappa shape index (κ2) is 5.25. The number of hydrogen-bond donors (Lipinski definition) is 2. The van der Waals surface area contributed by atoms with Gasteiger partial charge >= 0.3 is 7.12 Å². The van der Waals surface area contributed by atoms with Gasteiger partial charge in [0.05, 0.1) is 0 Å². The van der Waals surface area contributed by atoms with Gasteiger partial charge in [-0.2, -0.15) is 0 Å². The summed E-state index contributed by atoms with van der Waals surface area (Å²) in [4.78, 5) is 0. The fourth-order valence-electron chi connectivity index (χ4n) is 1.23. The van der Waals surface area contributed by atoms with E-state index in [1.165, 1.54) is 0 Å². The fourth-order valence-corrected chi connectivity index (χ4v) is 2.52. The SMILES string of the molecule is CC(C)(C)[Si](C)(C)Oc1ccc(B(O)O)c(Cl)c1. The first-order valence-electron chi connectivity index (χ1n) is 5.89. The highest BCUT2D eigenvalue weighted by Gasteiger charge is 2.39. The van der Waals surface area contributed by atoms with Crippen molar-refractivity contribution < 1.29 is 14.5 Å². The summed E-state index contributed by atoms with van der Waals surface area (Å²) >= 11 is 5.98.